The second-order valence-corrected chi connectivity index (χ2v) is 6.71. The Kier molecular flexibility index (Phi) is 5.61. The Bertz CT molecular complexity index is 793. The molecule has 136 valence electrons. The van der Waals surface area contributed by atoms with E-state index in [-0.39, 0.29) is 23.7 Å². The molecule has 0 N–H and O–H groups in total. The molecular formula is C20H22FN3O2. The third-order valence-electron chi connectivity index (χ3n) is 4.22. The van der Waals surface area contributed by atoms with E-state index in [0.29, 0.717) is 19.5 Å². The van der Waals surface area contributed by atoms with Gasteiger partial charge in [-0.15, -0.1) is 0 Å². The van der Waals surface area contributed by atoms with Crippen molar-refractivity contribution < 1.29 is 14.0 Å². The van der Waals surface area contributed by atoms with Crippen molar-refractivity contribution in [3.05, 3.63) is 65.7 Å². The van der Waals surface area contributed by atoms with Crippen molar-refractivity contribution >= 4 is 11.6 Å². The summed E-state index contributed by atoms with van der Waals surface area (Å²) in [5, 5.41) is 4.14. The average Bonchev–Trinajstić information content (AvgIpc) is 3.10. The molecule has 1 atom stereocenters. The van der Waals surface area contributed by atoms with Crippen molar-refractivity contribution in [1.82, 2.24) is 9.88 Å². The van der Waals surface area contributed by atoms with Crippen LogP contribution < -0.4 is 0 Å². The Labute approximate surface area is 152 Å². The fraction of sp³-hybridized carbons (Fsp3) is 0.350. The van der Waals surface area contributed by atoms with Gasteiger partial charge in [0.15, 0.2) is 6.10 Å². The number of hydrogen-bond acceptors (Lipinski definition) is 4. The second-order valence-electron chi connectivity index (χ2n) is 6.71. The number of halogens is 1. The van der Waals surface area contributed by atoms with Crippen LogP contribution in [0, 0.1) is 11.7 Å². The van der Waals surface area contributed by atoms with Gasteiger partial charge in [-0.1, -0.05) is 31.1 Å². The van der Waals surface area contributed by atoms with Crippen LogP contribution >= 0.6 is 0 Å². The Morgan fingerprint density at radius 1 is 1.35 bits per heavy atom. The number of nitrogens with zero attached hydrogens (tertiary/aromatic N) is 3. The van der Waals surface area contributed by atoms with Crippen molar-refractivity contribution in [2.45, 2.75) is 32.9 Å². The minimum Gasteiger partial charge on any atom is -0.390 e. The topological polar surface area (TPSA) is 54.8 Å². The number of oxime groups is 1. The maximum absolute atomic E-state index is 13.5. The Morgan fingerprint density at radius 3 is 2.88 bits per heavy atom. The molecule has 1 aliphatic heterocycles. The molecule has 6 heteroatoms. The molecule has 3 rings (SSSR count). The first-order chi connectivity index (χ1) is 12.5. The number of carbonyl (C=O) groups is 1. The van der Waals surface area contributed by atoms with Crippen LogP contribution in [0.3, 0.4) is 0 Å². The number of benzene rings is 1. The lowest BCUT2D eigenvalue weighted by atomic mass is 10.1. The van der Waals surface area contributed by atoms with Gasteiger partial charge in [-0.3, -0.25) is 9.78 Å². The molecule has 2 aromatic rings. The molecule has 0 radical (unpaired) electrons. The van der Waals surface area contributed by atoms with Crippen LogP contribution in [0.5, 0.6) is 0 Å². The molecule has 0 saturated heterocycles. The van der Waals surface area contributed by atoms with Gasteiger partial charge in [-0.25, -0.2) is 4.39 Å². The fourth-order valence-electron chi connectivity index (χ4n) is 2.93. The largest absolute Gasteiger partial charge is 0.390 e. The van der Waals surface area contributed by atoms with Gasteiger partial charge >= 0.3 is 0 Å². The minimum absolute atomic E-state index is 0.00712. The summed E-state index contributed by atoms with van der Waals surface area (Å²) < 4.78 is 13.5. The molecule has 1 aromatic heterocycles. The molecule has 1 unspecified atom stereocenters. The zero-order valence-electron chi connectivity index (χ0n) is 14.9. The summed E-state index contributed by atoms with van der Waals surface area (Å²) >= 11 is 0. The molecule has 0 saturated carbocycles. The quantitative estimate of drug-likeness (QED) is 0.798. The van der Waals surface area contributed by atoms with Crippen LogP contribution in [0.15, 0.2) is 53.9 Å². The molecule has 1 aromatic carbocycles. The van der Waals surface area contributed by atoms with E-state index in [1.165, 1.54) is 12.1 Å². The summed E-state index contributed by atoms with van der Waals surface area (Å²) in [6.45, 7) is 4.46. The number of carbonyl (C=O) groups excluding carboxylic acids is 1. The summed E-state index contributed by atoms with van der Waals surface area (Å²) in [5.74, 6) is -0.449. The monoisotopic (exact) mass is 355 g/mol. The third kappa shape index (κ3) is 4.45. The summed E-state index contributed by atoms with van der Waals surface area (Å²) in [4.78, 5) is 23.9. The van der Waals surface area contributed by atoms with Gasteiger partial charge in [0.2, 0.25) is 5.91 Å². The standard InChI is InChI=1S/C20H22FN3O2/c1-14(2)20(25)24(12-15-5-3-7-17(21)9-15)13-18-10-19(23-26-18)16-6-4-8-22-11-16/h3-9,11,14,18H,10,12-13H2,1-2H3. The van der Waals surface area contributed by atoms with Crippen LogP contribution in [0.4, 0.5) is 4.39 Å². The zero-order chi connectivity index (χ0) is 18.5. The first-order valence-electron chi connectivity index (χ1n) is 8.69. The van der Waals surface area contributed by atoms with Crippen LogP contribution in [0.1, 0.15) is 31.4 Å². The molecule has 1 amide bonds. The SMILES string of the molecule is CC(C)C(=O)N(Cc1cccc(F)c1)CC1CC(c2cccnc2)=NO1. The number of pyridine rings is 1. The first kappa shape index (κ1) is 18.0. The Morgan fingerprint density at radius 2 is 2.19 bits per heavy atom. The van der Waals surface area contributed by atoms with Crippen LogP contribution in [0.25, 0.3) is 0 Å². The highest BCUT2D eigenvalue weighted by Gasteiger charge is 2.27. The van der Waals surface area contributed by atoms with Gasteiger partial charge in [-0.05, 0) is 29.8 Å². The lowest BCUT2D eigenvalue weighted by molar-refractivity contribution is -0.137. The molecule has 0 spiro atoms. The summed E-state index contributed by atoms with van der Waals surface area (Å²) in [5.41, 5.74) is 2.50. The van der Waals surface area contributed by atoms with Gasteiger partial charge < -0.3 is 9.74 Å². The van der Waals surface area contributed by atoms with Crippen molar-refractivity contribution in [3.63, 3.8) is 0 Å². The van der Waals surface area contributed by atoms with E-state index in [9.17, 15) is 9.18 Å². The fourth-order valence-corrected chi connectivity index (χ4v) is 2.93. The van der Waals surface area contributed by atoms with E-state index >= 15 is 0 Å². The van der Waals surface area contributed by atoms with Gasteiger partial charge in [-0.2, -0.15) is 0 Å². The first-order valence-corrected chi connectivity index (χ1v) is 8.69. The number of amides is 1. The van der Waals surface area contributed by atoms with Crippen LogP contribution in [-0.4, -0.2) is 34.2 Å². The molecular weight excluding hydrogens is 333 g/mol. The lowest BCUT2D eigenvalue weighted by Gasteiger charge is -2.26. The maximum atomic E-state index is 13.5. The van der Waals surface area contributed by atoms with Crippen LogP contribution in [-0.2, 0) is 16.2 Å². The maximum Gasteiger partial charge on any atom is 0.225 e. The van der Waals surface area contributed by atoms with Crippen LogP contribution in [0.2, 0.25) is 0 Å². The van der Waals surface area contributed by atoms with E-state index in [1.54, 1.807) is 23.4 Å². The molecule has 1 aliphatic rings. The smallest absolute Gasteiger partial charge is 0.225 e. The van der Waals surface area contributed by atoms with Crippen molar-refractivity contribution in [1.29, 1.82) is 0 Å². The predicted octanol–water partition coefficient (Wildman–Crippen LogP) is 3.40. The summed E-state index contributed by atoms with van der Waals surface area (Å²) in [6, 6.07) is 10.1. The van der Waals surface area contributed by atoms with Crippen molar-refractivity contribution in [2.75, 3.05) is 6.54 Å². The van der Waals surface area contributed by atoms with E-state index in [2.05, 4.69) is 10.1 Å². The van der Waals surface area contributed by atoms with Gasteiger partial charge in [0.25, 0.3) is 0 Å². The van der Waals surface area contributed by atoms with E-state index in [4.69, 9.17) is 4.84 Å². The normalized spacial score (nSPS) is 16.3. The number of hydrogen-bond donors (Lipinski definition) is 0. The van der Waals surface area contributed by atoms with E-state index in [0.717, 1.165) is 16.8 Å². The molecule has 0 bridgehead atoms. The Balaban J connectivity index is 1.68. The van der Waals surface area contributed by atoms with Crippen molar-refractivity contribution in [2.24, 2.45) is 11.1 Å². The van der Waals surface area contributed by atoms with Crippen molar-refractivity contribution in [3.8, 4) is 0 Å². The van der Waals surface area contributed by atoms with E-state index in [1.807, 2.05) is 32.0 Å². The second kappa shape index (κ2) is 8.08. The summed E-state index contributed by atoms with van der Waals surface area (Å²) in [6.07, 6.45) is 3.84. The average molecular weight is 355 g/mol. The van der Waals surface area contributed by atoms with Gasteiger partial charge in [0.05, 0.1) is 12.3 Å². The predicted molar refractivity (Wildman–Crippen MR) is 96.9 cm³/mol. The van der Waals surface area contributed by atoms with Gasteiger partial charge in [0.1, 0.15) is 5.82 Å². The molecule has 5 nitrogen and oxygen atoms in total. The zero-order valence-corrected chi connectivity index (χ0v) is 14.9. The number of aromatic nitrogens is 1. The molecule has 26 heavy (non-hydrogen) atoms. The van der Waals surface area contributed by atoms with Gasteiger partial charge in [0, 0.05) is 36.8 Å². The highest BCUT2D eigenvalue weighted by atomic mass is 19.1. The minimum atomic E-state index is -0.307. The number of rotatable bonds is 6. The third-order valence-corrected chi connectivity index (χ3v) is 4.22. The summed E-state index contributed by atoms with van der Waals surface area (Å²) in [7, 11) is 0. The highest BCUT2D eigenvalue weighted by molar-refractivity contribution is 6.01. The Hall–Kier alpha value is -2.76. The molecule has 0 fully saturated rings. The molecule has 2 heterocycles. The highest BCUT2D eigenvalue weighted by Crippen LogP contribution is 2.19. The van der Waals surface area contributed by atoms with E-state index < -0.39 is 0 Å². The molecule has 0 aliphatic carbocycles. The lowest BCUT2D eigenvalue weighted by Crippen LogP contribution is -2.39.